The largest absolute Gasteiger partial charge is 0.544 e. The molecule has 1 atom stereocenters. The number of benzene rings is 1. The van der Waals surface area contributed by atoms with E-state index in [2.05, 4.69) is 38.6 Å². The Balaban J connectivity index is 2.77. The Hall–Kier alpha value is -1.33. The minimum Gasteiger partial charge on any atom is -0.544 e. The molecule has 0 spiro atoms. The zero-order valence-electron chi connectivity index (χ0n) is 13.9. The first-order valence-electron chi connectivity index (χ1n) is 7.18. The number of carbonyl (C=O) groups is 1. The van der Waals surface area contributed by atoms with Gasteiger partial charge in [0.25, 0.3) is 0 Å². The molecule has 0 aromatic heterocycles. The minimum atomic E-state index is -1.83. The van der Waals surface area contributed by atoms with Gasteiger partial charge in [-0.2, -0.15) is 0 Å². The Morgan fingerprint density at radius 2 is 1.76 bits per heavy atom. The van der Waals surface area contributed by atoms with Crippen LogP contribution in [0, 0.1) is 0 Å². The summed E-state index contributed by atoms with van der Waals surface area (Å²) >= 11 is 0. The summed E-state index contributed by atoms with van der Waals surface area (Å²) in [5.74, 6) is 0.555. The standard InChI is InChI=1S/C16H27NO3Si/c1-16(2,3)21(5,6)20-13-9-7-12(8-10-13)14(17)11-15(18)19-4/h7-10,14H,11,17H2,1-6H3. The van der Waals surface area contributed by atoms with Crippen LogP contribution in [0.25, 0.3) is 0 Å². The molecule has 0 aliphatic carbocycles. The lowest BCUT2D eigenvalue weighted by molar-refractivity contribution is -0.141. The van der Waals surface area contributed by atoms with Crippen molar-refractivity contribution in [3.63, 3.8) is 0 Å². The van der Waals surface area contributed by atoms with Crippen LogP contribution in [0.3, 0.4) is 0 Å². The number of esters is 1. The molecule has 5 heteroatoms. The molecule has 0 bridgehead atoms. The predicted molar refractivity (Wildman–Crippen MR) is 87.8 cm³/mol. The van der Waals surface area contributed by atoms with Crippen LogP contribution in [-0.2, 0) is 9.53 Å². The lowest BCUT2D eigenvalue weighted by Crippen LogP contribution is -2.43. The molecule has 1 aromatic rings. The van der Waals surface area contributed by atoms with E-state index in [1.807, 2.05) is 24.3 Å². The van der Waals surface area contributed by atoms with Gasteiger partial charge in [-0.15, -0.1) is 0 Å². The van der Waals surface area contributed by atoms with Crippen LogP contribution in [0.15, 0.2) is 24.3 Å². The first-order chi connectivity index (χ1) is 9.56. The molecule has 0 radical (unpaired) electrons. The third-order valence-corrected chi connectivity index (χ3v) is 8.46. The van der Waals surface area contributed by atoms with Crippen LogP contribution in [-0.4, -0.2) is 21.4 Å². The van der Waals surface area contributed by atoms with Crippen molar-refractivity contribution in [2.75, 3.05) is 7.11 Å². The third-order valence-electron chi connectivity index (χ3n) is 4.10. The quantitative estimate of drug-likeness (QED) is 0.666. The van der Waals surface area contributed by atoms with Crippen LogP contribution in [0.2, 0.25) is 18.1 Å². The maximum atomic E-state index is 11.2. The van der Waals surface area contributed by atoms with Gasteiger partial charge in [-0.1, -0.05) is 32.9 Å². The fraction of sp³-hybridized carbons (Fsp3) is 0.562. The van der Waals surface area contributed by atoms with E-state index in [1.54, 1.807) is 0 Å². The Kier molecular flexibility index (Phi) is 5.59. The van der Waals surface area contributed by atoms with Gasteiger partial charge in [-0.3, -0.25) is 4.79 Å². The first-order valence-corrected chi connectivity index (χ1v) is 10.1. The maximum absolute atomic E-state index is 11.2. The van der Waals surface area contributed by atoms with Crippen LogP contribution in [0.5, 0.6) is 5.75 Å². The number of nitrogens with two attached hydrogens (primary N) is 1. The maximum Gasteiger partial charge on any atom is 0.307 e. The van der Waals surface area contributed by atoms with Crippen molar-refractivity contribution in [2.24, 2.45) is 5.73 Å². The van der Waals surface area contributed by atoms with Gasteiger partial charge in [0.15, 0.2) is 0 Å². The van der Waals surface area contributed by atoms with Crippen LogP contribution in [0.4, 0.5) is 0 Å². The molecule has 1 rings (SSSR count). The Morgan fingerprint density at radius 1 is 1.24 bits per heavy atom. The monoisotopic (exact) mass is 309 g/mol. The summed E-state index contributed by atoms with van der Waals surface area (Å²) in [5.41, 5.74) is 6.89. The fourth-order valence-corrected chi connectivity index (χ4v) is 2.64. The van der Waals surface area contributed by atoms with Gasteiger partial charge < -0.3 is 14.9 Å². The lowest BCUT2D eigenvalue weighted by Gasteiger charge is -2.36. The smallest absolute Gasteiger partial charge is 0.307 e. The Labute approximate surface area is 128 Å². The van der Waals surface area contributed by atoms with E-state index in [0.29, 0.717) is 0 Å². The van der Waals surface area contributed by atoms with Crippen molar-refractivity contribution >= 4 is 14.3 Å². The highest BCUT2D eigenvalue weighted by Gasteiger charge is 2.38. The van der Waals surface area contributed by atoms with Gasteiger partial charge in [0.05, 0.1) is 13.5 Å². The second kappa shape index (κ2) is 6.62. The molecular weight excluding hydrogens is 282 g/mol. The van der Waals surface area contributed by atoms with Crippen molar-refractivity contribution in [3.05, 3.63) is 29.8 Å². The van der Waals surface area contributed by atoms with E-state index in [0.717, 1.165) is 11.3 Å². The van der Waals surface area contributed by atoms with Gasteiger partial charge in [0, 0.05) is 6.04 Å². The Bertz CT molecular complexity index is 477. The highest BCUT2D eigenvalue weighted by molar-refractivity contribution is 6.74. The number of rotatable bonds is 5. The summed E-state index contributed by atoms with van der Waals surface area (Å²) in [6, 6.07) is 7.32. The summed E-state index contributed by atoms with van der Waals surface area (Å²) in [6.07, 6.45) is 0.180. The molecule has 1 aromatic carbocycles. The molecule has 0 amide bonds. The van der Waals surface area contributed by atoms with Crippen molar-refractivity contribution < 1.29 is 14.0 Å². The average molecular weight is 309 g/mol. The van der Waals surface area contributed by atoms with Crippen molar-refractivity contribution in [1.29, 1.82) is 0 Å². The molecule has 1 unspecified atom stereocenters. The van der Waals surface area contributed by atoms with E-state index >= 15 is 0 Å². The molecule has 2 N–H and O–H groups in total. The highest BCUT2D eigenvalue weighted by atomic mass is 28.4. The summed E-state index contributed by atoms with van der Waals surface area (Å²) < 4.78 is 10.8. The zero-order chi connectivity index (χ0) is 16.3. The molecule has 0 aliphatic rings. The van der Waals surface area contributed by atoms with Crippen LogP contribution >= 0.6 is 0 Å². The van der Waals surface area contributed by atoms with Gasteiger partial charge in [-0.05, 0) is 35.8 Å². The molecule has 0 fully saturated rings. The topological polar surface area (TPSA) is 61.5 Å². The van der Waals surface area contributed by atoms with E-state index in [9.17, 15) is 4.79 Å². The minimum absolute atomic E-state index is 0.160. The number of methoxy groups -OCH3 is 1. The number of ether oxygens (including phenoxy) is 1. The molecule has 0 heterocycles. The average Bonchev–Trinajstić information content (AvgIpc) is 2.37. The molecule has 0 saturated carbocycles. The zero-order valence-corrected chi connectivity index (χ0v) is 14.9. The summed E-state index contributed by atoms with van der Waals surface area (Å²) in [4.78, 5) is 11.2. The van der Waals surface area contributed by atoms with Crippen molar-refractivity contribution in [1.82, 2.24) is 0 Å². The predicted octanol–water partition coefficient (Wildman–Crippen LogP) is 3.63. The van der Waals surface area contributed by atoms with Gasteiger partial charge in [0.1, 0.15) is 5.75 Å². The normalized spacial score (nSPS) is 13.7. The second-order valence-corrected chi connectivity index (χ2v) is 11.5. The Morgan fingerprint density at radius 3 is 2.19 bits per heavy atom. The van der Waals surface area contributed by atoms with Crippen LogP contribution in [0.1, 0.15) is 38.8 Å². The lowest BCUT2D eigenvalue weighted by atomic mass is 10.1. The SMILES string of the molecule is COC(=O)CC(N)c1ccc(O[Si](C)(C)C(C)(C)C)cc1. The third kappa shape index (κ3) is 4.86. The van der Waals surface area contributed by atoms with Gasteiger partial charge in [0.2, 0.25) is 8.32 Å². The number of hydrogen-bond acceptors (Lipinski definition) is 4. The molecule has 4 nitrogen and oxygen atoms in total. The van der Waals surface area contributed by atoms with Crippen molar-refractivity contribution in [2.45, 2.75) is 51.4 Å². The molecule has 118 valence electrons. The van der Waals surface area contributed by atoms with Crippen molar-refractivity contribution in [3.8, 4) is 5.75 Å². The van der Waals surface area contributed by atoms with E-state index < -0.39 is 8.32 Å². The second-order valence-electron chi connectivity index (χ2n) is 6.82. The molecule has 0 saturated heterocycles. The molecule has 0 aliphatic heterocycles. The van der Waals surface area contributed by atoms with E-state index in [-0.39, 0.29) is 23.5 Å². The van der Waals surface area contributed by atoms with Gasteiger partial charge in [-0.25, -0.2) is 0 Å². The fourth-order valence-electron chi connectivity index (χ4n) is 1.61. The van der Waals surface area contributed by atoms with Gasteiger partial charge >= 0.3 is 5.97 Å². The summed E-state index contributed by atoms with van der Waals surface area (Å²) in [5, 5.41) is 0.160. The number of carbonyl (C=O) groups excluding carboxylic acids is 1. The molecule has 21 heavy (non-hydrogen) atoms. The van der Waals surface area contributed by atoms with E-state index in [1.165, 1.54) is 7.11 Å². The highest BCUT2D eigenvalue weighted by Crippen LogP contribution is 2.37. The summed E-state index contributed by atoms with van der Waals surface area (Å²) in [6.45, 7) is 11.0. The molecular formula is C16H27NO3Si. The first kappa shape index (κ1) is 17.7. The number of hydrogen-bond donors (Lipinski definition) is 1. The summed E-state index contributed by atoms with van der Waals surface area (Å²) in [7, 11) is -0.461. The van der Waals surface area contributed by atoms with E-state index in [4.69, 9.17) is 10.2 Å². The van der Waals surface area contributed by atoms with Crippen LogP contribution < -0.4 is 10.2 Å².